The van der Waals surface area contributed by atoms with Gasteiger partial charge in [-0.15, -0.1) is 5.10 Å². The molecule has 1 saturated heterocycles. The maximum Gasteiger partial charge on any atom is 0.313 e. The quantitative estimate of drug-likeness (QED) is 0.731. The zero-order chi connectivity index (χ0) is 20.5. The van der Waals surface area contributed by atoms with Crippen molar-refractivity contribution in [2.45, 2.75) is 52.3 Å². The predicted molar refractivity (Wildman–Crippen MR) is 106 cm³/mol. The van der Waals surface area contributed by atoms with Crippen molar-refractivity contribution in [3.8, 4) is 0 Å². The van der Waals surface area contributed by atoms with E-state index in [1.54, 1.807) is 24.3 Å². The fourth-order valence-electron chi connectivity index (χ4n) is 4.55. The molecule has 2 fully saturated rings. The number of amides is 1. The lowest BCUT2D eigenvalue weighted by Gasteiger charge is -2.39. The number of fused-ring (bicyclic) bond motifs is 1. The van der Waals surface area contributed by atoms with Gasteiger partial charge in [0.2, 0.25) is 5.91 Å². The van der Waals surface area contributed by atoms with Crippen LogP contribution in [-0.4, -0.2) is 44.4 Å². The summed E-state index contributed by atoms with van der Waals surface area (Å²) in [4.78, 5) is 39.4. The molecule has 1 aliphatic heterocycles. The Morgan fingerprint density at radius 3 is 2.83 bits per heavy atom. The number of hydrogen-bond acceptors (Lipinski definition) is 6. The van der Waals surface area contributed by atoms with Gasteiger partial charge in [0.15, 0.2) is 6.73 Å². The molecule has 8 heteroatoms. The molecule has 0 N–H and O–H groups in total. The van der Waals surface area contributed by atoms with Crippen LogP contribution in [0.3, 0.4) is 0 Å². The van der Waals surface area contributed by atoms with E-state index < -0.39 is 11.9 Å². The zero-order valence-electron chi connectivity index (χ0n) is 16.8. The lowest BCUT2D eigenvalue weighted by Crippen LogP contribution is -2.45. The van der Waals surface area contributed by atoms with Gasteiger partial charge in [-0.25, -0.2) is 0 Å². The molecule has 1 aromatic heterocycles. The zero-order valence-corrected chi connectivity index (χ0v) is 16.8. The minimum atomic E-state index is -0.504. The molecular formula is C21H26N4O4. The molecule has 29 heavy (non-hydrogen) atoms. The van der Waals surface area contributed by atoms with Gasteiger partial charge >= 0.3 is 5.97 Å². The molecule has 1 saturated carbocycles. The summed E-state index contributed by atoms with van der Waals surface area (Å²) in [6.45, 7) is 4.50. The summed E-state index contributed by atoms with van der Waals surface area (Å²) in [6.07, 6.45) is 3.45. The molecule has 0 bridgehead atoms. The second-order valence-corrected chi connectivity index (χ2v) is 8.29. The molecule has 2 aliphatic rings. The Balaban J connectivity index is 1.40. The first kappa shape index (κ1) is 19.5. The number of benzene rings is 1. The van der Waals surface area contributed by atoms with E-state index in [1.165, 1.54) is 6.42 Å². The third-order valence-corrected chi connectivity index (χ3v) is 6.51. The smallest absolute Gasteiger partial charge is 0.313 e. The number of ether oxygens (including phenoxy) is 1. The van der Waals surface area contributed by atoms with Crippen molar-refractivity contribution in [2.24, 2.45) is 17.8 Å². The van der Waals surface area contributed by atoms with Crippen molar-refractivity contribution in [1.29, 1.82) is 0 Å². The maximum atomic E-state index is 12.6. The fourth-order valence-corrected chi connectivity index (χ4v) is 4.55. The van der Waals surface area contributed by atoms with Crippen LogP contribution in [0.1, 0.15) is 39.5 Å². The molecule has 0 radical (unpaired) electrons. The van der Waals surface area contributed by atoms with Crippen molar-refractivity contribution >= 4 is 22.8 Å². The number of aromatic nitrogens is 3. The number of hydrogen-bond donors (Lipinski definition) is 0. The van der Waals surface area contributed by atoms with Crippen LogP contribution in [0.15, 0.2) is 29.1 Å². The molecule has 2 heterocycles. The van der Waals surface area contributed by atoms with Crippen LogP contribution in [-0.2, 0) is 21.1 Å². The second-order valence-electron chi connectivity index (χ2n) is 8.29. The number of esters is 1. The van der Waals surface area contributed by atoms with E-state index in [1.807, 2.05) is 4.90 Å². The molecule has 2 aromatic rings. The summed E-state index contributed by atoms with van der Waals surface area (Å²) >= 11 is 0. The summed E-state index contributed by atoms with van der Waals surface area (Å²) in [5.41, 5.74) is 0.130. The molecule has 1 aromatic carbocycles. The van der Waals surface area contributed by atoms with Crippen LogP contribution in [0.25, 0.3) is 10.9 Å². The van der Waals surface area contributed by atoms with E-state index in [4.69, 9.17) is 4.74 Å². The number of rotatable bonds is 4. The van der Waals surface area contributed by atoms with Crippen LogP contribution < -0.4 is 5.56 Å². The van der Waals surface area contributed by atoms with Gasteiger partial charge < -0.3 is 9.64 Å². The van der Waals surface area contributed by atoms with Gasteiger partial charge in [-0.05, 0) is 30.4 Å². The molecule has 0 spiro atoms. The highest BCUT2D eigenvalue weighted by Gasteiger charge is 2.42. The third kappa shape index (κ3) is 3.75. The highest BCUT2D eigenvalue weighted by atomic mass is 16.5. The summed E-state index contributed by atoms with van der Waals surface area (Å²) in [5, 5.41) is 8.22. The molecule has 154 valence electrons. The van der Waals surface area contributed by atoms with Gasteiger partial charge in [0.25, 0.3) is 5.56 Å². The number of carbonyl (C=O) groups excluding carboxylic acids is 2. The molecule has 4 atom stereocenters. The average Bonchev–Trinajstić information content (AvgIpc) is 3.11. The average molecular weight is 398 g/mol. The minimum absolute atomic E-state index is 0.0144. The molecule has 4 rings (SSSR count). The number of nitrogens with zero attached hydrogens (tertiary/aromatic N) is 4. The molecule has 0 unspecified atom stereocenters. The van der Waals surface area contributed by atoms with Gasteiger partial charge in [0.05, 0.1) is 11.3 Å². The Kier molecular flexibility index (Phi) is 5.34. The van der Waals surface area contributed by atoms with E-state index in [0.29, 0.717) is 29.3 Å². The first-order chi connectivity index (χ1) is 14.0. The summed E-state index contributed by atoms with van der Waals surface area (Å²) in [7, 11) is 0. The Bertz CT molecular complexity index is 988. The molecule has 1 amide bonds. The highest BCUT2D eigenvalue weighted by Crippen LogP contribution is 2.35. The van der Waals surface area contributed by atoms with Crippen LogP contribution in [0.4, 0.5) is 0 Å². The second kappa shape index (κ2) is 7.93. The van der Waals surface area contributed by atoms with Gasteiger partial charge in [-0.3, -0.25) is 14.4 Å². The Morgan fingerprint density at radius 1 is 1.21 bits per heavy atom. The standard InChI is InChI=1S/C21H26N4O4/c1-13-6-5-9-18(14(13)2)24-11-15(10-19(24)26)21(28)29-12-25-20(27)16-7-3-4-8-17(16)22-23-25/h3-4,7-8,13-15,18H,5-6,9-12H2,1-2H3/t13-,14+,15+,18+/m0/s1. The molecular weight excluding hydrogens is 372 g/mol. The molecule has 8 nitrogen and oxygen atoms in total. The van der Waals surface area contributed by atoms with Gasteiger partial charge in [-0.1, -0.05) is 44.0 Å². The van der Waals surface area contributed by atoms with E-state index in [2.05, 4.69) is 24.2 Å². The predicted octanol–water partition coefficient (Wildman–Crippen LogP) is 1.97. The monoisotopic (exact) mass is 398 g/mol. The SMILES string of the molecule is C[C@H]1[C@H](N2C[C@H](C(=O)OCn3nnc4ccccc4c3=O)CC2=O)CCC[C@@H]1C. The van der Waals surface area contributed by atoms with Crippen LogP contribution in [0, 0.1) is 17.8 Å². The Morgan fingerprint density at radius 2 is 2.00 bits per heavy atom. The third-order valence-electron chi connectivity index (χ3n) is 6.51. The Labute approximate surface area is 168 Å². The lowest BCUT2D eigenvalue weighted by atomic mass is 9.77. The Hall–Kier alpha value is -2.77. The van der Waals surface area contributed by atoms with Gasteiger partial charge in [0.1, 0.15) is 5.52 Å². The van der Waals surface area contributed by atoms with E-state index in [-0.39, 0.29) is 30.7 Å². The van der Waals surface area contributed by atoms with Crippen LogP contribution in [0.2, 0.25) is 0 Å². The van der Waals surface area contributed by atoms with Gasteiger partial charge in [0, 0.05) is 19.0 Å². The minimum Gasteiger partial charge on any atom is -0.442 e. The highest BCUT2D eigenvalue weighted by molar-refractivity contribution is 5.87. The van der Waals surface area contributed by atoms with Crippen molar-refractivity contribution in [3.05, 3.63) is 34.6 Å². The number of likely N-dealkylation sites (tertiary alicyclic amines) is 1. The van der Waals surface area contributed by atoms with E-state index in [0.717, 1.165) is 17.5 Å². The maximum absolute atomic E-state index is 12.6. The lowest BCUT2D eigenvalue weighted by molar-refractivity contribution is -0.153. The van der Waals surface area contributed by atoms with Crippen molar-refractivity contribution in [1.82, 2.24) is 19.9 Å². The summed E-state index contributed by atoms with van der Waals surface area (Å²) in [5.74, 6) is 0.0376. The first-order valence-corrected chi connectivity index (χ1v) is 10.2. The van der Waals surface area contributed by atoms with E-state index >= 15 is 0 Å². The fraction of sp³-hybridized carbons (Fsp3) is 0.571. The van der Waals surface area contributed by atoms with Crippen molar-refractivity contribution in [3.63, 3.8) is 0 Å². The van der Waals surface area contributed by atoms with Crippen LogP contribution in [0.5, 0.6) is 0 Å². The topological polar surface area (TPSA) is 94.4 Å². The number of carbonyl (C=O) groups is 2. The summed E-state index contributed by atoms with van der Waals surface area (Å²) in [6, 6.07) is 7.07. The molecule has 1 aliphatic carbocycles. The van der Waals surface area contributed by atoms with Crippen molar-refractivity contribution < 1.29 is 14.3 Å². The largest absolute Gasteiger partial charge is 0.442 e. The first-order valence-electron chi connectivity index (χ1n) is 10.2. The van der Waals surface area contributed by atoms with E-state index in [9.17, 15) is 14.4 Å². The summed E-state index contributed by atoms with van der Waals surface area (Å²) < 4.78 is 6.34. The van der Waals surface area contributed by atoms with Gasteiger partial charge in [-0.2, -0.15) is 4.68 Å². The normalized spacial score (nSPS) is 27.4. The van der Waals surface area contributed by atoms with Crippen molar-refractivity contribution in [2.75, 3.05) is 6.54 Å². The van der Waals surface area contributed by atoms with Crippen LogP contribution >= 0.6 is 0 Å².